The van der Waals surface area contributed by atoms with E-state index in [0.29, 0.717) is 25.4 Å². The molecule has 3 nitrogen and oxygen atoms in total. The summed E-state index contributed by atoms with van der Waals surface area (Å²) in [6.45, 7) is 9.51. The van der Waals surface area contributed by atoms with Crippen LogP contribution in [0.2, 0.25) is 0 Å². The molecule has 1 aliphatic heterocycles. The van der Waals surface area contributed by atoms with Gasteiger partial charge in [0.1, 0.15) is 0 Å². The zero-order valence-corrected chi connectivity index (χ0v) is 14.3. The Bertz CT molecular complexity index is 369. The number of nitrogens with zero attached hydrogens (tertiary/aromatic N) is 1. The molecule has 21 heavy (non-hydrogen) atoms. The Balaban J connectivity index is 1.90. The third-order valence-electron chi connectivity index (χ3n) is 6.06. The molecule has 2 aliphatic rings. The summed E-state index contributed by atoms with van der Waals surface area (Å²) in [4.78, 5) is 14.7. The number of likely N-dealkylation sites (tertiary alicyclic amines) is 1. The number of hydrogen-bond acceptors (Lipinski definition) is 2. The van der Waals surface area contributed by atoms with Crippen molar-refractivity contribution in [2.75, 3.05) is 13.1 Å². The van der Waals surface area contributed by atoms with E-state index < -0.39 is 5.60 Å². The Morgan fingerprint density at radius 3 is 2.43 bits per heavy atom. The lowest BCUT2D eigenvalue weighted by Crippen LogP contribution is -2.57. The zero-order chi connectivity index (χ0) is 15.7. The molecule has 0 aromatic carbocycles. The minimum absolute atomic E-state index is 0.131. The average molecular weight is 295 g/mol. The summed E-state index contributed by atoms with van der Waals surface area (Å²) in [7, 11) is 0. The third kappa shape index (κ3) is 3.80. The predicted molar refractivity (Wildman–Crippen MR) is 86.0 cm³/mol. The highest BCUT2D eigenvalue weighted by Gasteiger charge is 2.45. The fourth-order valence-corrected chi connectivity index (χ4v) is 3.94. The Labute approximate surface area is 130 Å². The Morgan fingerprint density at radius 1 is 1.24 bits per heavy atom. The van der Waals surface area contributed by atoms with Gasteiger partial charge in [0.25, 0.3) is 0 Å². The van der Waals surface area contributed by atoms with Crippen molar-refractivity contribution in [3.05, 3.63) is 0 Å². The summed E-state index contributed by atoms with van der Waals surface area (Å²) < 4.78 is 0. The van der Waals surface area contributed by atoms with E-state index in [4.69, 9.17) is 0 Å². The van der Waals surface area contributed by atoms with Crippen molar-refractivity contribution in [3.8, 4) is 0 Å². The van der Waals surface area contributed by atoms with Gasteiger partial charge >= 0.3 is 0 Å². The molecular formula is C18H33NO2. The minimum atomic E-state index is -0.670. The van der Waals surface area contributed by atoms with Gasteiger partial charge in [-0.25, -0.2) is 0 Å². The van der Waals surface area contributed by atoms with Crippen LogP contribution in [0.25, 0.3) is 0 Å². The van der Waals surface area contributed by atoms with E-state index in [2.05, 4.69) is 20.8 Å². The van der Waals surface area contributed by atoms with Gasteiger partial charge in [-0.2, -0.15) is 0 Å². The third-order valence-corrected chi connectivity index (χ3v) is 6.06. The first kappa shape index (κ1) is 16.8. The Hall–Kier alpha value is -0.570. The van der Waals surface area contributed by atoms with Gasteiger partial charge in [0.05, 0.1) is 5.60 Å². The van der Waals surface area contributed by atoms with Crippen LogP contribution in [0.5, 0.6) is 0 Å². The predicted octanol–water partition coefficient (Wildman–Crippen LogP) is 3.60. The maximum absolute atomic E-state index is 12.7. The molecule has 0 spiro atoms. The molecule has 0 aromatic heterocycles. The van der Waals surface area contributed by atoms with E-state index in [1.165, 1.54) is 32.1 Å². The van der Waals surface area contributed by atoms with E-state index in [1.54, 1.807) is 0 Å². The second-order valence-corrected chi connectivity index (χ2v) is 8.31. The van der Waals surface area contributed by atoms with Crippen LogP contribution in [0.4, 0.5) is 0 Å². The van der Waals surface area contributed by atoms with Crippen LogP contribution in [0.1, 0.15) is 72.6 Å². The highest BCUT2D eigenvalue weighted by molar-refractivity contribution is 5.78. The largest absolute Gasteiger partial charge is 0.389 e. The standard InChI is InChI=1S/C18H33NO2/c1-14(12-15-8-6-5-7-9-15)16(20)19-11-10-18(4,21)17(2,3)13-19/h14-15,21H,5-13H2,1-4H3. The van der Waals surface area contributed by atoms with Gasteiger partial charge in [-0.3, -0.25) is 4.79 Å². The van der Waals surface area contributed by atoms with Crippen LogP contribution in [0, 0.1) is 17.3 Å². The number of piperidine rings is 1. The summed E-state index contributed by atoms with van der Waals surface area (Å²) in [5.41, 5.74) is -0.901. The Kier molecular flexibility index (Phi) is 5.02. The first-order chi connectivity index (χ1) is 9.73. The van der Waals surface area contributed by atoms with E-state index in [0.717, 1.165) is 12.3 Å². The lowest BCUT2D eigenvalue weighted by atomic mass is 9.71. The minimum Gasteiger partial charge on any atom is -0.389 e. The number of hydrogen-bond donors (Lipinski definition) is 1. The molecule has 1 aliphatic carbocycles. The van der Waals surface area contributed by atoms with Crippen LogP contribution in [-0.4, -0.2) is 34.6 Å². The maximum Gasteiger partial charge on any atom is 0.225 e. The van der Waals surface area contributed by atoms with Crippen molar-refractivity contribution in [2.24, 2.45) is 17.3 Å². The lowest BCUT2D eigenvalue weighted by molar-refractivity contribution is -0.151. The normalized spacial score (nSPS) is 32.0. The number of carbonyl (C=O) groups excluding carboxylic acids is 1. The Morgan fingerprint density at radius 2 is 1.86 bits per heavy atom. The first-order valence-corrected chi connectivity index (χ1v) is 8.74. The lowest BCUT2D eigenvalue weighted by Gasteiger charge is -2.49. The van der Waals surface area contributed by atoms with Gasteiger partial charge < -0.3 is 10.0 Å². The van der Waals surface area contributed by atoms with E-state index >= 15 is 0 Å². The first-order valence-electron chi connectivity index (χ1n) is 8.74. The van der Waals surface area contributed by atoms with Crippen molar-refractivity contribution in [1.29, 1.82) is 0 Å². The fourth-order valence-electron chi connectivity index (χ4n) is 3.94. The second-order valence-electron chi connectivity index (χ2n) is 8.31. The van der Waals surface area contributed by atoms with Gasteiger partial charge in [0.2, 0.25) is 5.91 Å². The second kappa shape index (κ2) is 6.28. The molecular weight excluding hydrogens is 262 g/mol. The fraction of sp³-hybridized carbons (Fsp3) is 0.944. The highest BCUT2D eigenvalue weighted by Crippen LogP contribution is 2.39. The molecule has 0 radical (unpaired) electrons. The molecule has 2 unspecified atom stereocenters. The highest BCUT2D eigenvalue weighted by atomic mass is 16.3. The molecule has 122 valence electrons. The quantitative estimate of drug-likeness (QED) is 0.864. The molecule has 2 rings (SSSR count). The number of rotatable bonds is 3. The van der Waals surface area contributed by atoms with E-state index in [-0.39, 0.29) is 11.3 Å². The van der Waals surface area contributed by atoms with Crippen LogP contribution >= 0.6 is 0 Å². The number of carbonyl (C=O) groups is 1. The van der Waals surface area contributed by atoms with Crippen molar-refractivity contribution in [1.82, 2.24) is 4.90 Å². The van der Waals surface area contributed by atoms with Gasteiger partial charge in [0.15, 0.2) is 0 Å². The van der Waals surface area contributed by atoms with E-state index in [1.807, 2.05) is 11.8 Å². The van der Waals surface area contributed by atoms with Crippen molar-refractivity contribution < 1.29 is 9.90 Å². The summed E-state index contributed by atoms with van der Waals surface area (Å²) in [5, 5.41) is 10.5. The molecule has 1 saturated carbocycles. The molecule has 2 atom stereocenters. The molecule has 1 amide bonds. The van der Waals surface area contributed by atoms with Crippen LogP contribution in [-0.2, 0) is 4.79 Å². The molecule has 0 bridgehead atoms. The van der Waals surface area contributed by atoms with E-state index in [9.17, 15) is 9.90 Å². The molecule has 1 saturated heterocycles. The molecule has 3 heteroatoms. The van der Waals surface area contributed by atoms with Crippen LogP contribution in [0.3, 0.4) is 0 Å². The van der Waals surface area contributed by atoms with Gasteiger partial charge in [-0.05, 0) is 25.7 Å². The summed E-state index contributed by atoms with van der Waals surface area (Å²) in [5.74, 6) is 1.18. The summed E-state index contributed by atoms with van der Waals surface area (Å²) in [6.07, 6.45) is 8.38. The molecule has 2 fully saturated rings. The molecule has 1 heterocycles. The van der Waals surface area contributed by atoms with Crippen molar-refractivity contribution in [3.63, 3.8) is 0 Å². The van der Waals surface area contributed by atoms with Crippen LogP contribution < -0.4 is 0 Å². The molecule has 1 N–H and O–H groups in total. The van der Waals surface area contributed by atoms with Gasteiger partial charge in [0, 0.05) is 24.4 Å². The van der Waals surface area contributed by atoms with Crippen molar-refractivity contribution >= 4 is 5.91 Å². The van der Waals surface area contributed by atoms with Gasteiger partial charge in [-0.15, -0.1) is 0 Å². The molecule has 0 aromatic rings. The summed E-state index contributed by atoms with van der Waals surface area (Å²) in [6, 6.07) is 0. The van der Waals surface area contributed by atoms with Crippen LogP contribution in [0.15, 0.2) is 0 Å². The monoisotopic (exact) mass is 295 g/mol. The zero-order valence-electron chi connectivity index (χ0n) is 14.3. The number of amides is 1. The average Bonchev–Trinajstić information content (AvgIpc) is 2.42. The number of aliphatic hydroxyl groups is 1. The SMILES string of the molecule is CC(CC1CCCCC1)C(=O)N1CCC(C)(O)C(C)(C)C1. The topological polar surface area (TPSA) is 40.5 Å². The van der Waals surface area contributed by atoms with Crippen molar-refractivity contribution in [2.45, 2.75) is 78.2 Å². The summed E-state index contributed by atoms with van der Waals surface area (Å²) >= 11 is 0. The smallest absolute Gasteiger partial charge is 0.225 e. The van der Waals surface area contributed by atoms with Gasteiger partial charge in [-0.1, -0.05) is 52.9 Å². The maximum atomic E-state index is 12.7.